The highest BCUT2D eigenvalue weighted by Crippen LogP contribution is 1.86. The maximum Gasteiger partial charge on any atom is 0.259 e. The predicted molar refractivity (Wildman–Crippen MR) is 120 cm³/mol. The number of carbonyl (C=O) groups excluding carboxylic acids is 2. The van der Waals surface area contributed by atoms with Crippen molar-refractivity contribution in [2.45, 2.75) is 6.92 Å². The third-order valence-corrected chi connectivity index (χ3v) is 3.68. The Morgan fingerprint density at radius 2 is 0.706 bits per heavy atom. The summed E-state index contributed by atoms with van der Waals surface area (Å²) in [4.78, 5) is 21.5. The summed E-state index contributed by atoms with van der Waals surface area (Å²) in [5.74, 6) is 4.54. The average Bonchev–Trinajstić information content (AvgIpc) is 2.83. The van der Waals surface area contributed by atoms with E-state index in [9.17, 15) is 9.59 Å². The first kappa shape index (κ1) is 32.7. The number of Topliss-reactive ketones (excluding diaryl/α,β-unsaturated/α-hetero) is 1. The largest absolute Gasteiger partial charge is 0.377 e. The summed E-state index contributed by atoms with van der Waals surface area (Å²) in [5, 5.41) is 0. The Hall–Kier alpha value is -1.26. The lowest BCUT2D eigenvalue weighted by Gasteiger charge is -2.08. The number of rotatable bonds is 28. The minimum Gasteiger partial charge on any atom is -0.377 e. The Bertz CT molecular complexity index is 458. The molecule has 0 aliphatic heterocycles. The van der Waals surface area contributed by atoms with E-state index in [0.717, 1.165) is 0 Å². The Labute approximate surface area is 201 Å². The van der Waals surface area contributed by atoms with Crippen LogP contribution in [0.2, 0.25) is 0 Å². The molecule has 0 aliphatic rings. The van der Waals surface area contributed by atoms with Crippen molar-refractivity contribution >= 4 is 11.7 Å². The number of amides is 1. The minimum atomic E-state index is -0.381. The van der Waals surface area contributed by atoms with Crippen molar-refractivity contribution in [1.82, 2.24) is 5.43 Å². The van der Waals surface area contributed by atoms with E-state index in [1.807, 2.05) is 5.43 Å². The summed E-state index contributed by atoms with van der Waals surface area (Å²) in [7, 11) is 0. The fourth-order valence-electron chi connectivity index (χ4n) is 2.08. The Morgan fingerprint density at radius 3 is 0.941 bits per heavy atom. The van der Waals surface area contributed by atoms with E-state index in [4.69, 9.17) is 48.5 Å². The highest BCUT2D eigenvalue weighted by molar-refractivity contribution is 5.76. The predicted octanol–water partition coefficient (Wildman–Crippen LogP) is -1.29. The van der Waals surface area contributed by atoms with Crippen LogP contribution in [0.25, 0.3) is 0 Å². The Morgan fingerprint density at radius 1 is 0.471 bits per heavy atom. The molecular formula is C21H42N2O11. The molecule has 0 saturated heterocycles. The summed E-state index contributed by atoms with van der Waals surface area (Å²) >= 11 is 0. The molecule has 0 heterocycles. The number of hydrazine groups is 1. The number of nitrogens with one attached hydrogen (secondary N) is 1. The van der Waals surface area contributed by atoms with Crippen molar-refractivity contribution in [3.05, 3.63) is 0 Å². The van der Waals surface area contributed by atoms with Gasteiger partial charge in [-0.3, -0.25) is 15.0 Å². The summed E-state index contributed by atoms with van der Waals surface area (Å²) < 4.78 is 47.6. The zero-order valence-electron chi connectivity index (χ0n) is 20.3. The smallest absolute Gasteiger partial charge is 0.259 e. The van der Waals surface area contributed by atoms with E-state index >= 15 is 0 Å². The van der Waals surface area contributed by atoms with Crippen LogP contribution >= 0.6 is 0 Å². The van der Waals surface area contributed by atoms with E-state index in [-0.39, 0.29) is 24.9 Å². The standard InChI is InChI=1S/C21H42N2O11/c1-20(24)18-33-16-14-31-12-10-29-8-6-27-4-2-26-3-5-28-7-9-30-11-13-32-15-17-34-19-21(25)23-22/h2-19,22H2,1H3,(H,23,25). The fraction of sp³-hybridized carbons (Fsp3) is 0.905. The molecule has 0 rings (SSSR count). The van der Waals surface area contributed by atoms with Gasteiger partial charge in [0, 0.05) is 0 Å². The number of ketones is 1. The first-order valence-electron chi connectivity index (χ1n) is 11.4. The lowest BCUT2D eigenvalue weighted by atomic mass is 10.5. The summed E-state index contributed by atoms with van der Waals surface area (Å²) in [5.41, 5.74) is 1.97. The van der Waals surface area contributed by atoms with Crippen molar-refractivity contribution < 1.29 is 52.2 Å². The number of hydrogen-bond donors (Lipinski definition) is 2. The molecule has 0 aromatic rings. The number of carbonyl (C=O) groups is 2. The minimum absolute atomic E-state index is 0.000191. The van der Waals surface area contributed by atoms with E-state index in [2.05, 4.69) is 0 Å². The van der Waals surface area contributed by atoms with Gasteiger partial charge < -0.3 is 42.6 Å². The van der Waals surface area contributed by atoms with Gasteiger partial charge in [-0.05, 0) is 6.92 Å². The Kier molecular flexibility index (Phi) is 26.9. The molecule has 0 aliphatic carbocycles. The third-order valence-electron chi connectivity index (χ3n) is 3.68. The lowest BCUT2D eigenvalue weighted by Crippen LogP contribution is -2.33. The third kappa shape index (κ3) is 28.8. The molecule has 13 nitrogen and oxygen atoms in total. The maximum atomic E-state index is 10.8. The zero-order valence-corrected chi connectivity index (χ0v) is 20.3. The van der Waals surface area contributed by atoms with Crippen molar-refractivity contribution in [3.8, 4) is 0 Å². The van der Waals surface area contributed by atoms with Crippen molar-refractivity contribution in [2.75, 3.05) is 119 Å². The van der Waals surface area contributed by atoms with Crippen LogP contribution < -0.4 is 11.3 Å². The highest BCUT2D eigenvalue weighted by atomic mass is 16.6. The van der Waals surface area contributed by atoms with Crippen molar-refractivity contribution in [1.29, 1.82) is 0 Å². The molecule has 34 heavy (non-hydrogen) atoms. The molecule has 202 valence electrons. The molecule has 0 atom stereocenters. The molecule has 0 aromatic heterocycles. The van der Waals surface area contributed by atoms with Crippen molar-refractivity contribution in [2.24, 2.45) is 5.84 Å². The number of nitrogens with two attached hydrogens (primary N) is 1. The molecule has 0 saturated carbocycles. The molecule has 0 unspecified atom stereocenters. The first-order chi connectivity index (χ1) is 16.7. The SMILES string of the molecule is CC(=O)COCCOCCOCCOCCOCCOCCOCCOCCOCC(=O)NN. The van der Waals surface area contributed by atoms with Crippen LogP contribution in [0.4, 0.5) is 0 Å². The second kappa shape index (κ2) is 28.0. The van der Waals surface area contributed by atoms with Crippen molar-refractivity contribution in [3.63, 3.8) is 0 Å². The van der Waals surface area contributed by atoms with Gasteiger partial charge in [-0.15, -0.1) is 0 Å². The van der Waals surface area contributed by atoms with E-state index < -0.39 is 0 Å². The van der Waals surface area contributed by atoms with Crippen LogP contribution in [0.1, 0.15) is 6.92 Å². The van der Waals surface area contributed by atoms with Crippen LogP contribution in [0, 0.1) is 0 Å². The fourth-order valence-corrected chi connectivity index (χ4v) is 2.08. The van der Waals surface area contributed by atoms with Crippen LogP contribution in [-0.2, 0) is 52.2 Å². The molecule has 0 aromatic carbocycles. The molecular weight excluding hydrogens is 456 g/mol. The quantitative estimate of drug-likeness (QED) is 0.0571. The summed E-state index contributed by atoms with van der Waals surface area (Å²) in [6.45, 7) is 8.75. The molecule has 0 fully saturated rings. The highest BCUT2D eigenvalue weighted by Gasteiger charge is 1.98. The normalized spacial score (nSPS) is 11.1. The van der Waals surface area contributed by atoms with Gasteiger partial charge in [-0.1, -0.05) is 0 Å². The van der Waals surface area contributed by atoms with Gasteiger partial charge in [-0.25, -0.2) is 5.84 Å². The van der Waals surface area contributed by atoms with Gasteiger partial charge in [0.05, 0.1) is 106 Å². The maximum absolute atomic E-state index is 10.8. The summed E-state index contributed by atoms with van der Waals surface area (Å²) in [6.07, 6.45) is 0. The van der Waals surface area contributed by atoms with E-state index in [1.165, 1.54) is 6.92 Å². The van der Waals surface area contributed by atoms with Gasteiger partial charge in [0.25, 0.3) is 5.91 Å². The zero-order chi connectivity index (χ0) is 25.0. The molecule has 1 amide bonds. The van der Waals surface area contributed by atoms with Gasteiger partial charge in [0.2, 0.25) is 0 Å². The molecule has 0 bridgehead atoms. The molecule has 13 heteroatoms. The first-order valence-corrected chi connectivity index (χ1v) is 11.4. The Balaban J connectivity index is 3.04. The van der Waals surface area contributed by atoms with Crippen LogP contribution in [0.15, 0.2) is 0 Å². The van der Waals surface area contributed by atoms with Crippen LogP contribution in [0.5, 0.6) is 0 Å². The lowest BCUT2D eigenvalue weighted by molar-refractivity contribution is -0.126. The number of ether oxygens (including phenoxy) is 9. The van der Waals surface area contributed by atoms with Gasteiger partial charge >= 0.3 is 0 Å². The van der Waals surface area contributed by atoms with Crippen LogP contribution in [0.3, 0.4) is 0 Å². The number of hydrogen-bond acceptors (Lipinski definition) is 12. The average molecular weight is 499 g/mol. The van der Waals surface area contributed by atoms with Gasteiger partial charge in [0.1, 0.15) is 13.2 Å². The topological polar surface area (TPSA) is 155 Å². The second-order valence-corrected chi connectivity index (χ2v) is 6.66. The van der Waals surface area contributed by atoms with Gasteiger partial charge in [-0.2, -0.15) is 0 Å². The van der Waals surface area contributed by atoms with Gasteiger partial charge in [0.15, 0.2) is 5.78 Å². The molecule has 0 radical (unpaired) electrons. The molecule has 0 spiro atoms. The van der Waals surface area contributed by atoms with E-state index in [0.29, 0.717) is 106 Å². The monoisotopic (exact) mass is 498 g/mol. The molecule has 3 N–H and O–H groups in total. The van der Waals surface area contributed by atoms with E-state index in [1.54, 1.807) is 0 Å². The second-order valence-electron chi connectivity index (χ2n) is 6.66. The summed E-state index contributed by atoms with van der Waals surface area (Å²) in [6, 6.07) is 0. The van der Waals surface area contributed by atoms with Crippen LogP contribution in [-0.4, -0.2) is 131 Å².